The first-order valence-corrected chi connectivity index (χ1v) is 8.22. The number of benzene rings is 1. The molecule has 1 fully saturated rings. The fraction of sp³-hybridized carbons (Fsp3) is 0.353. The number of carbonyl (C=O) groups is 1. The quantitative estimate of drug-likeness (QED) is 0.942. The fourth-order valence-corrected chi connectivity index (χ4v) is 3.63. The average molecular weight is 316 g/mol. The van der Waals surface area contributed by atoms with Crippen LogP contribution in [-0.4, -0.2) is 36.6 Å². The van der Waals surface area contributed by atoms with Gasteiger partial charge >= 0.3 is 0 Å². The summed E-state index contributed by atoms with van der Waals surface area (Å²) in [7, 11) is 0. The predicted molar refractivity (Wildman–Crippen MR) is 88.7 cm³/mol. The molecule has 1 aromatic carbocycles. The summed E-state index contributed by atoms with van der Waals surface area (Å²) in [6, 6.07) is 12.9. The summed E-state index contributed by atoms with van der Waals surface area (Å²) in [5.74, 6) is -0.378. The van der Waals surface area contributed by atoms with Crippen LogP contribution in [0.25, 0.3) is 10.4 Å². The summed E-state index contributed by atoms with van der Waals surface area (Å²) in [5, 5.41) is 0. The Balaban J connectivity index is 1.66. The third-order valence-corrected chi connectivity index (χ3v) is 4.96. The van der Waals surface area contributed by atoms with Gasteiger partial charge in [-0.05, 0) is 24.6 Å². The maximum Gasteiger partial charge on any atom is 0.247 e. The van der Waals surface area contributed by atoms with E-state index in [0.717, 1.165) is 13.1 Å². The number of amides is 1. The number of nitrogens with two attached hydrogens (primary N) is 1. The molecule has 0 spiro atoms. The summed E-state index contributed by atoms with van der Waals surface area (Å²) in [6.45, 7) is 4.90. The number of hydrogen-bond donors (Lipinski definition) is 1. The summed E-state index contributed by atoms with van der Waals surface area (Å²) in [5.41, 5.74) is 7.85. The van der Waals surface area contributed by atoms with Crippen molar-refractivity contribution in [2.45, 2.75) is 19.6 Å². The van der Waals surface area contributed by atoms with Crippen molar-refractivity contribution in [3.63, 3.8) is 0 Å². The first-order valence-electron chi connectivity index (χ1n) is 7.41. The number of rotatable bonds is 4. The van der Waals surface area contributed by atoms with Gasteiger partial charge in [-0.3, -0.25) is 9.69 Å². The third kappa shape index (κ3) is 3.55. The average Bonchev–Trinajstić information content (AvgIpc) is 2.96. The number of primary amides is 1. The molecule has 0 saturated carbocycles. The van der Waals surface area contributed by atoms with Gasteiger partial charge in [0, 0.05) is 29.4 Å². The van der Waals surface area contributed by atoms with Gasteiger partial charge in [-0.2, -0.15) is 0 Å². The van der Waals surface area contributed by atoms with Gasteiger partial charge in [0.25, 0.3) is 0 Å². The number of morpholine rings is 1. The standard InChI is InChI=1S/C17H20N2O2S/c1-12-2-4-13(5-3-12)16-7-6-14(22-16)10-19-8-9-21-15(11-19)17(18)20/h2-7,15H,8-11H2,1H3,(H2,18,20). The fourth-order valence-electron chi connectivity index (χ4n) is 2.57. The Morgan fingerprint density at radius 1 is 1.32 bits per heavy atom. The lowest BCUT2D eigenvalue weighted by Crippen LogP contribution is -2.47. The first-order chi connectivity index (χ1) is 10.6. The molecule has 0 aliphatic carbocycles. The minimum absolute atomic E-state index is 0.378. The van der Waals surface area contributed by atoms with Crippen LogP contribution in [0.1, 0.15) is 10.4 Å². The Kier molecular flexibility index (Phi) is 4.57. The molecule has 1 atom stereocenters. The number of hydrogen-bond acceptors (Lipinski definition) is 4. The highest BCUT2D eigenvalue weighted by Gasteiger charge is 2.24. The van der Waals surface area contributed by atoms with E-state index >= 15 is 0 Å². The van der Waals surface area contributed by atoms with Crippen LogP contribution in [0.4, 0.5) is 0 Å². The van der Waals surface area contributed by atoms with Gasteiger partial charge in [0.05, 0.1) is 6.61 Å². The highest BCUT2D eigenvalue weighted by Crippen LogP contribution is 2.29. The molecule has 2 N–H and O–H groups in total. The zero-order valence-corrected chi connectivity index (χ0v) is 13.4. The molecule has 1 aromatic heterocycles. The Bertz CT molecular complexity index is 651. The summed E-state index contributed by atoms with van der Waals surface area (Å²) in [4.78, 5) is 16.0. The van der Waals surface area contributed by atoms with Crippen LogP contribution in [0, 0.1) is 6.92 Å². The molecule has 3 rings (SSSR count). The molecule has 5 heteroatoms. The lowest BCUT2D eigenvalue weighted by molar-refractivity contribution is -0.135. The molecule has 1 saturated heterocycles. The molecule has 1 unspecified atom stereocenters. The van der Waals surface area contributed by atoms with E-state index in [4.69, 9.17) is 10.5 Å². The molecule has 0 radical (unpaired) electrons. The van der Waals surface area contributed by atoms with Gasteiger partial charge in [-0.15, -0.1) is 11.3 Å². The summed E-state index contributed by atoms with van der Waals surface area (Å²) in [6.07, 6.45) is -0.481. The zero-order chi connectivity index (χ0) is 15.5. The van der Waals surface area contributed by atoms with Crippen molar-refractivity contribution >= 4 is 17.2 Å². The second-order valence-electron chi connectivity index (χ2n) is 5.63. The minimum atomic E-state index is -0.481. The van der Waals surface area contributed by atoms with Crippen molar-refractivity contribution < 1.29 is 9.53 Å². The van der Waals surface area contributed by atoms with Crippen molar-refractivity contribution in [2.24, 2.45) is 5.73 Å². The van der Waals surface area contributed by atoms with Crippen molar-refractivity contribution in [3.05, 3.63) is 46.8 Å². The SMILES string of the molecule is Cc1ccc(-c2ccc(CN3CCOC(C(N)=O)C3)s2)cc1. The van der Waals surface area contributed by atoms with Gasteiger partial charge in [0.15, 0.2) is 0 Å². The molecular weight excluding hydrogens is 296 g/mol. The van der Waals surface area contributed by atoms with Gasteiger partial charge < -0.3 is 10.5 Å². The maximum absolute atomic E-state index is 11.2. The molecule has 116 valence electrons. The molecule has 2 heterocycles. The van der Waals surface area contributed by atoms with Crippen molar-refractivity contribution in [3.8, 4) is 10.4 Å². The maximum atomic E-state index is 11.2. The van der Waals surface area contributed by atoms with Crippen molar-refractivity contribution in [1.82, 2.24) is 4.90 Å². The second kappa shape index (κ2) is 6.60. The van der Waals surface area contributed by atoms with Gasteiger partial charge in [-0.1, -0.05) is 29.8 Å². The van der Waals surface area contributed by atoms with Crippen molar-refractivity contribution in [2.75, 3.05) is 19.7 Å². The number of aryl methyl sites for hydroxylation is 1. The molecule has 1 aliphatic rings. The molecule has 1 amide bonds. The molecule has 4 nitrogen and oxygen atoms in total. The van der Waals surface area contributed by atoms with E-state index in [1.165, 1.54) is 20.9 Å². The Morgan fingerprint density at radius 2 is 2.09 bits per heavy atom. The second-order valence-corrected chi connectivity index (χ2v) is 6.80. The lowest BCUT2D eigenvalue weighted by atomic mass is 10.1. The Labute approximate surface area is 134 Å². The highest BCUT2D eigenvalue weighted by molar-refractivity contribution is 7.15. The number of carbonyl (C=O) groups excluding carboxylic acids is 1. The number of ether oxygens (including phenoxy) is 1. The third-order valence-electron chi connectivity index (χ3n) is 3.85. The topological polar surface area (TPSA) is 55.6 Å². The molecule has 22 heavy (non-hydrogen) atoms. The number of thiophene rings is 1. The van der Waals surface area contributed by atoms with Crippen LogP contribution in [0.2, 0.25) is 0 Å². The molecule has 1 aliphatic heterocycles. The van der Waals surface area contributed by atoms with E-state index in [9.17, 15) is 4.79 Å². The van der Waals surface area contributed by atoms with Gasteiger partial charge in [-0.25, -0.2) is 0 Å². The molecular formula is C17H20N2O2S. The van der Waals surface area contributed by atoms with Crippen LogP contribution >= 0.6 is 11.3 Å². The van der Waals surface area contributed by atoms with Crippen LogP contribution < -0.4 is 5.73 Å². The Hall–Kier alpha value is -1.69. The van der Waals surface area contributed by atoms with Crippen LogP contribution in [-0.2, 0) is 16.1 Å². The number of nitrogens with zero attached hydrogens (tertiary/aromatic N) is 1. The van der Waals surface area contributed by atoms with Crippen LogP contribution in [0.5, 0.6) is 0 Å². The zero-order valence-electron chi connectivity index (χ0n) is 12.6. The van der Waals surface area contributed by atoms with E-state index < -0.39 is 6.10 Å². The largest absolute Gasteiger partial charge is 0.367 e. The predicted octanol–water partition coefficient (Wildman–Crippen LogP) is 2.41. The van der Waals surface area contributed by atoms with Crippen LogP contribution in [0.3, 0.4) is 0 Å². The van der Waals surface area contributed by atoms with E-state index in [1.807, 2.05) is 0 Å². The van der Waals surface area contributed by atoms with E-state index in [2.05, 4.69) is 48.2 Å². The normalized spacial score (nSPS) is 19.2. The van der Waals surface area contributed by atoms with E-state index in [-0.39, 0.29) is 5.91 Å². The van der Waals surface area contributed by atoms with Gasteiger partial charge in [0.2, 0.25) is 5.91 Å². The summed E-state index contributed by atoms with van der Waals surface area (Å²) >= 11 is 1.80. The highest BCUT2D eigenvalue weighted by atomic mass is 32.1. The molecule has 2 aromatic rings. The minimum Gasteiger partial charge on any atom is -0.367 e. The first kappa shape index (κ1) is 15.2. The Morgan fingerprint density at radius 3 is 2.82 bits per heavy atom. The van der Waals surface area contributed by atoms with Gasteiger partial charge in [0.1, 0.15) is 6.10 Å². The smallest absolute Gasteiger partial charge is 0.247 e. The monoisotopic (exact) mass is 316 g/mol. The lowest BCUT2D eigenvalue weighted by Gasteiger charge is -2.30. The van der Waals surface area contributed by atoms with Crippen molar-refractivity contribution in [1.29, 1.82) is 0 Å². The van der Waals surface area contributed by atoms with E-state index in [1.54, 1.807) is 11.3 Å². The van der Waals surface area contributed by atoms with Crippen LogP contribution in [0.15, 0.2) is 36.4 Å². The summed E-state index contributed by atoms with van der Waals surface area (Å²) < 4.78 is 5.38. The molecule has 0 bridgehead atoms. The van der Waals surface area contributed by atoms with E-state index in [0.29, 0.717) is 13.2 Å².